The van der Waals surface area contributed by atoms with Gasteiger partial charge in [-0.1, -0.05) is 23.8 Å². The molecule has 1 aliphatic heterocycles. The molecule has 0 saturated carbocycles. The standard InChI is InChI=1S/C19H18N2O4/c1-12-4-2-5-13(8-12)18(23)20-15-6-3-7-16(10-15)21-11-14(19(24)25)9-17(21)22/h2-8,10,14H,9,11H2,1H3,(H,20,23)(H,24,25). The number of hydrogen-bond acceptors (Lipinski definition) is 3. The van der Waals surface area contributed by atoms with E-state index in [1.54, 1.807) is 36.4 Å². The van der Waals surface area contributed by atoms with E-state index in [4.69, 9.17) is 5.11 Å². The van der Waals surface area contributed by atoms with Crippen LogP contribution in [-0.4, -0.2) is 29.4 Å². The Morgan fingerprint density at radius 3 is 2.60 bits per heavy atom. The van der Waals surface area contributed by atoms with Gasteiger partial charge in [0.1, 0.15) is 0 Å². The molecule has 1 unspecified atom stereocenters. The normalized spacial score (nSPS) is 16.8. The first-order valence-corrected chi connectivity index (χ1v) is 7.95. The van der Waals surface area contributed by atoms with Crippen LogP contribution >= 0.6 is 0 Å². The van der Waals surface area contributed by atoms with Crippen molar-refractivity contribution < 1.29 is 19.5 Å². The monoisotopic (exact) mass is 338 g/mol. The third kappa shape index (κ3) is 3.68. The van der Waals surface area contributed by atoms with Gasteiger partial charge in [0, 0.05) is 29.9 Å². The third-order valence-corrected chi connectivity index (χ3v) is 4.17. The van der Waals surface area contributed by atoms with Crippen molar-refractivity contribution in [1.82, 2.24) is 0 Å². The summed E-state index contributed by atoms with van der Waals surface area (Å²) in [6, 6.07) is 14.1. The number of rotatable bonds is 4. The topological polar surface area (TPSA) is 86.7 Å². The molecule has 0 bridgehead atoms. The Hall–Kier alpha value is -3.15. The minimum Gasteiger partial charge on any atom is -0.481 e. The molecule has 1 fully saturated rings. The zero-order chi connectivity index (χ0) is 18.0. The van der Waals surface area contributed by atoms with Crippen LogP contribution in [0.15, 0.2) is 48.5 Å². The van der Waals surface area contributed by atoms with Crippen molar-refractivity contribution in [1.29, 1.82) is 0 Å². The molecule has 2 amide bonds. The maximum Gasteiger partial charge on any atom is 0.308 e. The smallest absolute Gasteiger partial charge is 0.308 e. The molecule has 1 saturated heterocycles. The van der Waals surface area contributed by atoms with Crippen molar-refractivity contribution in [3.63, 3.8) is 0 Å². The van der Waals surface area contributed by atoms with Crippen molar-refractivity contribution in [3.05, 3.63) is 59.7 Å². The summed E-state index contributed by atoms with van der Waals surface area (Å²) in [6.45, 7) is 2.05. The van der Waals surface area contributed by atoms with E-state index in [0.717, 1.165) is 5.56 Å². The fourth-order valence-electron chi connectivity index (χ4n) is 2.86. The average molecular weight is 338 g/mol. The van der Waals surface area contributed by atoms with Crippen molar-refractivity contribution in [2.45, 2.75) is 13.3 Å². The zero-order valence-corrected chi connectivity index (χ0v) is 13.7. The lowest BCUT2D eigenvalue weighted by Gasteiger charge is -2.17. The van der Waals surface area contributed by atoms with Crippen LogP contribution < -0.4 is 10.2 Å². The van der Waals surface area contributed by atoms with Gasteiger partial charge in [0.15, 0.2) is 0 Å². The number of benzene rings is 2. The quantitative estimate of drug-likeness (QED) is 0.897. The molecule has 0 radical (unpaired) electrons. The molecule has 1 aliphatic rings. The molecule has 2 aromatic carbocycles. The predicted molar refractivity (Wildman–Crippen MR) is 93.7 cm³/mol. The molecule has 6 heteroatoms. The summed E-state index contributed by atoms with van der Waals surface area (Å²) in [5.74, 6) is -2.13. The first kappa shape index (κ1) is 16.7. The van der Waals surface area contributed by atoms with Gasteiger partial charge < -0.3 is 15.3 Å². The fraction of sp³-hybridized carbons (Fsp3) is 0.211. The molecule has 25 heavy (non-hydrogen) atoms. The molecule has 2 aromatic rings. The van der Waals surface area contributed by atoms with E-state index in [0.29, 0.717) is 16.9 Å². The van der Waals surface area contributed by atoms with Gasteiger partial charge in [-0.25, -0.2) is 0 Å². The Labute approximate surface area is 145 Å². The van der Waals surface area contributed by atoms with Gasteiger partial charge in [-0.3, -0.25) is 14.4 Å². The number of carbonyl (C=O) groups excluding carboxylic acids is 2. The SMILES string of the molecule is Cc1cccc(C(=O)Nc2cccc(N3CC(C(=O)O)CC3=O)c2)c1. The van der Waals surface area contributed by atoms with Crippen molar-refractivity contribution >= 4 is 29.2 Å². The number of nitrogens with zero attached hydrogens (tertiary/aromatic N) is 1. The van der Waals surface area contributed by atoms with Crippen LogP contribution in [0.25, 0.3) is 0 Å². The largest absolute Gasteiger partial charge is 0.481 e. The molecule has 2 N–H and O–H groups in total. The second-order valence-electron chi connectivity index (χ2n) is 6.12. The number of aryl methyl sites for hydroxylation is 1. The first-order chi connectivity index (χ1) is 11.9. The number of amides is 2. The van der Waals surface area contributed by atoms with Crippen LogP contribution in [0.5, 0.6) is 0 Å². The molecular formula is C19H18N2O4. The number of nitrogens with one attached hydrogen (secondary N) is 1. The van der Waals surface area contributed by atoms with Crippen molar-refractivity contribution in [2.24, 2.45) is 5.92 Å². The van der Waals surface area contributed by atoms with Crippen molar-refractivity contribution in [2.75, 3.05) is 16.8 Å². The minimum absolute atomic E-state index is 0.00475. The Morgan fingerprint density at radius 1 is 1.16 bits per heavy atom. The predicted octanol–water partition coefficient (Wildman–Crippen LogP) is 2.68. The summed E-state index contributed by atoms with van der Waals surface area (Å²) in [7, 11) is 0. The van der Waals surface area contributed by atoms with E-state index in [1.807, 2.05) is 19.1 Å². The second kappa shape index (κ2) is 6.76. The Morgan fingerprint density at radius 2 is 1.92 bits per heavy atom. The third-order valence-electron chi connectivity index (χ3n) is 4.17. The number of aliphatic carboxylic acids is 1. The molecule has 0 spiro atoms. The van der Waals surface area contributed by atoms with Gasteiger partial charge in [0.25, 0.3) is 5.91 Å². The van der Waals surface area contributed by atoms with Gasteiger partial charge in [0.2, 0.25) is 5.91 Å². The highest BCUT2D eigenvalue weighted by atomic mass is 16.4. The Bertz CT molecular complexity index is 847. The lowest BCUT2D eigenvalue weighted by molar-refractivity contribution is -0.141. The second-order valence-corrected chi connectivity index (χ2v) is 6.12. The molecular weight excluding hydrogens is 320 g/mol. The average Bonchev–Trinajstić information content (AvgIpc) is 2.97. The maximum atomic E-state index is 12.3. The molecule has 1 heterocycles. The highest BCUT2D eigenvalue weighted by Crippen LogP contribution is 2.27. The number of carbonyl (C=O) groups is 3. The summed E-state index contributed by atoms with van der Waals surface area (Å²) in [4.78, 5) is 36.9. The van der Waals surface area contributed by atoms with Gasteiger partial charge in [0.05, 0.1) is 5.92 Å². The van der Waals surface area contributed by atoms with E-state index < -0.39 is 11.9 Å². The van der Waals surface area contributed by atoms with Gasteiger partial charge >= 0.3 is 5.97 Å². The molecule has 0 aromatic heterocycles. The Kier molecular flexibility index (Phi) is 4.52. The lowest BCUT2D eigenvalue weighted by atomic mass is 10.1. The number of anilines is 2. The summed E-state index contributed by atoms with van der Waals surface area (Å²) < 4.78 is 0. The molecule has 1 atom stereocenters. The first-order valence-electron chi connectivity index (χ1n) is 7.95. The van der Waals surface area contributed by atoms with Gasteiger partial charge in [-0.15, -0.1) is 0 Å². The van der Waals surface area contributed by atoms with Gasteiger partial charge in [-0.05, 0) is 37.3 Å². The lowest BCUT2D eigenvalue weighted by Crippen LogP contribution is -2.25. The van der Waals surface area contributed by atoms with Crippen LogP contribution in [-0.2, 0) is 9.59 Å². The minimum atomic E-state index is -0.972. The van der Waals surface area contributed by atoms with Crippen LogP contribution in [0.2, 0.25) is 0 Å². The summed E-state index contributed by atoms with van der Waals surface area (Å²) in [5, 5.41) is 11.9. The van der Waals surface area contributed by atoms with Crippen LogP contribution in [0.4, 0.5) is 11.4 Å². The van der Waals surface area contributed by atoms with Crippen LogP contribution in [0, 0.1) is 12.8 Å². The number of carboxylic acids is 1. The molecule has 0 aliphatic carbocycles. The van der Waals surface area contributed by atoms with E-state index in [9.17, 15) is 14.4 Å². The van der Waals surface area contributed by atoms with Crippen molar-refractivity contribution in [3.8, 4) is 0 Å². The number of hydrogen-bond donors (Lipinski definition) is 2. The fourth-order valence-corrected chi connectivity index (χ4v) is 2.86. The molecule has 3 rings (SSSR count). The zero-order valence-electron chi connectivity index (χ0n) is 13.7. The summed E-state index contributed by atoms with van der Waals surface area (Å²) >= 11 is 0. The summed E-state index contributed by atoms with van der Waals surface area (Å²) in [6.07, 6.45) is -0.00475. The van der Waals surface area contributed by atoms with E-state index in [2.05, 4.69) is 5.32 Å². The number of carboxylic acid groups (broad SMARTS) is 1. The Balaban J connectivity index is 1.77. The van der Waals surface area contributed by atoms with Crippen LogP contribution in [0.1, 0.15) is 22.3 Å². The molecule has 6 nitrogen and oxygen atoms in total. The highest BCUT2D eigenvalue weighted by Gasteiger charge is 2.35. The molecule has 128 valence electrons. The summed E-state index contributed by atoms with van der Waals surface area (Å²) in [5.41, 5.74) is 2.67. The van der Waals surface area contributed by atoms with E-state index >= 15 is 0 Å². The maximum absolute atomic E-state index is 12.3. The van der Waals surface area contributed by atoms with Crippen LogP contribution in [0.3, 0.4) is 0 Å². The highest BCUT2D eigenvalue weighted by molar-refractivity contribution is 6.05. The van der Waals surface area contributed by atoms with Gasteiger partial charge in [-0.2, -0.15) is 0 Å². The van der Waals surface area contributed by atoms with E-state index in [1.165, 1.54) is 4.90 Å². The van der Waals surface area contributed by atoms with E-state index in [-0.39, 0.29) is 24.8 Å².